The minimum atomic E-state index is -3.77. The van der Waals surface area contributed by atoms with Crippen LogP contribution in [0.1, 0.15) is 0 Å². The molecule has 24 heavy (non-hydrogen) atoms. The van der Waals surface area contributed by atoms with E-state index in [1.807, 2.05) is 30.3 Å². The Hall–Kier alpha value is -2.87. The second-order valence-corrected chi connectivity index (χ2v) is 6.94. The van der Waals surface area contributed by atoms with Gasteiger partial charge in [-0.15, -0.1) is 0 Å². The minimum Gasteiger partial charge on any atom is -0.481 e. The molecule has 1 aromatic carbocycles. The quantitative estimate of drug-likeness (QED) is 0.708. The number of nitrogens with zero attached hydrogens (tertiary/aromatic N) is 4. The van der Waals surface area contributed by atoms with Crippen LogP contribution in [0.2, 0.25) is 0 Å². The zero-order valence-electron chi connectivity index (χ0n) is 13.2. The lowest BCUT2D eigenvalue weighted by atomic mass is 10.3. The topological polar surface area (TPSA) is 77.3 Å². The van der Waals surface area contributed by atoms with Gasteiger partial charge in [-0.1, -0.05) is 24.3 Å². The van der Waals surface area contributed by atoms with Crippen molar-refractivity contribution in [3.8, 4) is 11.6 Å². The summed E-state index contributed by atoms with van der Waals surface area (Å²) in [6.07, 6.45) is 2.79. The number of rotatable bonds is 5. The summed E-state index contributed by atoms with van der Waals surface area (Å²) in [5, 5.41) is 4.13. The molecule has 2 heterocycles. The van der Waals surface area contributed by atoms with E-state index in [4.69, 9.17) is 4.74 Å². The van der Waals surface area contributed by atoms with Gasteiger partial charge in [-0.3, -0.25) is 4.31 Å². The Morgan fingerprint density at radius 2 is 1.83 bits per heavy atom. The fourth-order valence-corrected chi connectivity index (χ4v) is 3.21. The summed E-state index contributed by atoms with van der Waals surface area (Å²) in [5.41, 5.74) is 0.779. The molecule has 0 fully saturated rings. The highest BCUT2D eigenvalue weighted by atomic mass is 32.2. The van der Waals surface area contributed by atoms with Crippen molar-refractivity contribution in [1.29, 1.82) is 0 Å². The number of pyridine rings is 1. The molecule has 7 nitrogen and oxygen atoms in total. The van der Waals surface area contributed by atoms with Gasteiger partial charge < -0.3 is 4.74 Å². The lowest BCUT2D eigenvalue weighted by molar-refractivity contribution is 0.398. The van der Waals surface area contributed by atoms with E-state index >= 15 is 0 Å². The van der Waals surface area contributed by atoms with Gasteiger partial charge in [-0.05, 0) is 18.2 Å². The average Bonchev–Trinajstić information content (AvgIpc) is 3.13. The van der Waals surface area contributed by atoms with Crippen molar-refractivity contribution in [2.45, 2.75) is 4.90 Å². The Morgan fingerprint density at radius 3 is 2.54 bits per heavy atom. The third kappa shape index (κ3) is 2.95. The summed E-state index contributed by atoms with van der Waals surface area (Å²) in [5.74, 6) is 0.608. The molecule has 0 amide bonds. The van der Waals surface area contributed by atoms with Crippen molar-refractivity contribution in [2.75, 3.05) is 18.5 Å². The predicted molar refractivity (Wildman–Crippen MR) is 89.9 cm³/mol. The van der Waals surface area contributed by atoms with Gasteiger partial charge in [0.05, 0.1) is 25.2 Å². The van der Waals surface area contributed by atoms with Crippen LogP contribution in [0.5, 0.6) is 5.88 Å². The Labute approximate surface area is 140 Å². The normalized spacial score (nSPS) is 11.2. The van der Waals surface area contributed by atoms with Crippen LogP contribution in [-0.4, -0.2) is 37.3 Å². The predicted octanol–water partition coefficient (Wildman–Crippen LogP) is 2.10. The van der Waals surface area contributed by atoms with Crippen molar-refractivity contribution < 1.29 is 13.2 Å². The van der Waals surface area contributed by atoms with Gasteiger partial charge in [0.15, 0.2) is 0 Å². The SMILES string of the molecule is COc1cccc(N(C)S(=O)(=O)c2cnn(-c3ccccc3)c2)n1. The summed E-state index contributed by atoms with van der Waals surface area (Å²) < 4.78 is 33.2. The molecule has 0 unspecified atom stereocenters. The second kappa shape index (κ2) is 6.32. The molecule has 2 aromatic heterocycles. The van der Waals surface area contributed by atoms with Crippen LogP contribution >= 0.6 is 0 Å². The van der Waals surface area contributed by atoms with E-state index in [1.165, 1.54) is 31.2 Å². The molecule has 0 N–H and O–H groups in total. The lowest BCUT2D eigenvalue weighted by Gasteiger charge is -2.17. The number of methoxy groups -OCH3 is 1. The third-order valence-corrected chi connectivity index (χ3v) is 5.19. The first-order chi connectivity index (χ1) is 11.5. The van der Waals surface area contributed by atoms with E-state index in [1.54, 1.807) is 18.2 Å². The maximum Gasteiger partial charge on any atom is 0.268 e. The number of hydrogen-bond acceptors (Lipinski definition) is 5. The van der Waals surface area contributed by atoms with Gasteiger partial charge in [-0.25, -0.2) is 13.1 Å². The van der Waals surface area contributed by atoms with Crippen LogP contribution in [0, 0.1) is 0 Å². The van der Waals surface area contributed by atoms with Crippen molar-refractivity contribution in [1.82, 2.24) is 14.8 Å². The molecule has 124 valence electrons. The Bertz CT molecular complexity index is 939. The fourth-order valence-electron chi connectivity index (χ4n) is 2.14. The maximum absolute atomic E-state index is 12.8. The third-order valence-electron chi connectivity index (χ3n) is 3.48. The lowest BCUT2D eigenvalue weighted by Crippen LogP contribution is -2.27. The second-order valence-electron chi connectivity index (χ2n) is 4.97. The van der Waals surface area contributed by atoms with Crippen molar-refractivity contribution in [2.24, 2.45) is 0 Å². The fraction of sp³-hybridized carbons (Fsp3) is 0.125. The van der Waals surface area contributed by atoms with Crippen LogP contribution in [0.4, 0.5) is 5.82 Å². The number of ether oxygens (including phenoxy) is 1. The number of sulfonamides is 1. The van der Waals surface area contributed by atoms with E-state index in [-0.39, 0.29) is 10.7 Å². The number of anilines is 1. The number of hydrogen-bond donors (Lipinski definition) is 0. The maximum atomic E-state index is 12.8. The van der Waals surface area contributed by atoms with Crippen LogP contribution < -0.4 is 9.04 Å². The molecule has 0 atom stereocenters. The monoisotopic (exact) mass is 344 g/mol. The molecule has 0 bridgehead atoms. The van der Waals surface area contributed by atoms with Crippen LogP contribution in [0.25, 0.3) is 5.69 Å². The highest BCUT2D eigenvalue weighted by Crippen LogP contribution is 2.22. The summed E-state index contributed by atoms with van der Waals surface area (Å²) >= 11 is 0. The molecule has 8 heteroatoms. The first kappa shape index (κ1) is 16.0. The molecule has 0 aliphatic heterocycles. The van der Waals surface area contributed by atoms with Crippen molar-refractivity contribution in [3.63, 3.8) is 0 Å². The van der Waals surface area contributed by atoms with Gasteiger partial charge in [-0.2, -0.15) is 10.1 Å². The van der Waals surface area contributed by atoms with Crippen LogP contribution in [0.3, 0.4) is 0 Å². The molecule has 3 rings (SSSR count). The Balaban J connectivity index is 1.94. The summed E-state index contributed by atoms with van der Waals surface area (Å²) in [6.45, 7) is 0. The van der Waals surface area contributed by atoms with Crippen LogP contribution in [-0.2, 0) is 10.0 Å². The smallest absolute Gasteiger partial charge is 0.268 e. The zero-order chi connectivity index (χ0) is 17.2. The van der Waals surface area contributed by atoms with E-state index in [0.717, 1.165) is 9.99 Å². The van der Waals surface area contributed by atoms with Crippen LogP contribution in [0.15, 0.2) is 65.8 Å². The molecular weight excluding hydrogens is 328 g/mol. The summed E-state index contributed by atoms with van der Waals surface area (Å²) in [4.78, 5) is 4.23. The number of aromatic nitrogens is 3. The van der Waals surface area contributed by atoms with Gasteiger partial charge in [0.2, 0.25) is 5.88 Å². The van der Waals surface area contributed by atoms with Crippen molar-refractivity contribution >= 4 is 15.8 Å². The Kier molecular flexibility index (Phi) is 4.22. The molecular formula is C16H16N4O3S. The minimum absolute atomic E-state index is 0.0819. The molecule has 0 aliphatic rings. The van der Waals surface area contributed by atoms with Gasteiger partial charge in [0.25, 0.3) is 10.0 Å². The van der Waals surface area contributed by atoms with Gasteiger partial charge >= 0.3 is 0 Å². The summed E-state index contributed by atoms with van der Waals surface area (Å²) in [7, 11) is -0.854. The number of benzene rings is 1. The first-order valence-electron chi connectivity index (χ1n) is 7.12. The van der Waals surface area contributed by atoms with Gasteiger partial charge in [0.1, 0.15) is 10.7 Å². The highest BCUT2D eigenvalue weighted by Gasteiger charge is 2.24. The van der Waals surface area contributed by atoms with Gasteiger partial charge in [0, 0.05) is 13.1 Å². The molecule has 0 saturated heterocycles. The van der Waals surface area contributed by atoms with E-state index in [2.05, 4.69) is 10.1 Å². The van der Waals surface area contributed by atoms with Crippen molar-refractivity contribution in [3.05, 3.63) is 60.9 Å². The number of para-hydroxylation sites is 1. The molecule has 3 aromatic rings. The zero-order valence-corrected chi connectivity index (χ0v) is 14.0. The first-order valence-corrected chi connectivity index (χ1v) is 8.56. The van der Waals surface area contributed by atoms with E-state index in [9.17, 15) is 8.42 Å². The standard InChI is InChI=1S/C16H16N4O3S/c1-19(15-9-6-10-16(18-15)23-2)24(21,22)14-11-17-20(12-14)13-7-4-3-5-8-13/h3-12H,1-2H3. The molecule has 0 spiro atoms. The van der Waals surface area contributed by atoms with E-state index < -0.39 is 10.0 Å². The summed E-state index contributed by atoms with van der Waals surface area (Å²) in [6, 6.07) is 14.2. The molecule has 0 aliphatic carbocycles. The highest BCUT2D eigenvalue weighted by molar-refractivity contribution is 7.92. The largest absolute Gasteiger partial charge is 0.481 e. The van der Waals surface area contributed by atoms with E-state index in [0.29, 0.717) is 5.88 Å². The molecule has 0 saturated carbocycles. The average molecular weight is 344 g/mol. The Morgan fingerprint density at radius 1 is 1.08 bits per heavy atom. The molecule has 0 radical (unpaired) electrons.